The average Bonchev–Trinajstić information content (AvgIpc) is 1.99. The van der Waals surface area contributed by atoms with E-state index >= 15 is 0 Å². The minimum Gasteiger partial charge on any atom is -0.398 e. The van der Waals surface area contributed by atoms with Gasteiger partial charge < -0.3 is 10.5 Å². The van der Waals surface area contributed by atoms with E-state index in [-0.39, 0.29) is 0 Å². The molecule has 0 saturated heterocycles. The predicted octanol–water partition coefficient (Wildman–Crippen LogP) is 1.12. The lowest BCUT2D eigenvalue weighted by Crippen LogP contribution is -1.99. The van der Waals surface area contributed by atoms with Crippen molar-refractivity contribution in [1.29, 1.82) is 0 Å². The molecule has 2 N–H and O–H groups in total. The first-order chi connectivity index (χ1) is 5.25. The van der Waals surface area contributed by atoms with Gasteiger partial charge in [-0.2, -0.15) is 0 Å². The summed E-state index contributed by atoms with van der Waals surface area (Å²) in [4.78, 5) is 4.12. The van der Waals surface area contributed by atoms with E-state index in [0.717, 1.165) is 16.9 Å². The Labute approximate surface area is 66.2 Å². The highest BCUT2D eigenvalue weighted by molar-refractivity contribution is 5.46. The molecule has 1 heterocycles. The van der Waals surface area contributed by atoms with Crippen molar-refractivity contribution in [2.45, 2.75) is 13.5 Å². The quantitative estimate of drug-likeness (QED) is 0.690. The minimum absolute atomic E-state index is 0.525. The molecule has 0 atom stereocenters. The number of ether oxygens (including phenoxy) is 1. The number of nitrogens with zero attached hydrogens (tertiary/aromatic N) is 1. The van der Waals surface area contributed by atoms with Crippen molar-refractivity contribution in [2.75, 3.05) is 12.8 Å². The summed E-state index contributed by atoms with van der Waals surface area (Å²) in [5.74, 6) is 0. The Morgan fingerprint density at radius 1 is 1.64 bits per heavy atom. The Morgan fingerprint density at radius 3 is 3.00 bits per heavy atom. The Morgan fingerprint density at radius 2 is 2.36 bits per heavy atom. The van der Waals surface area contributed by atoms with Gasteiger partial charge in [-0.15, -0.1) is 0 Å². The van der Waals surface area contributed by atoms with Crippen LogP contribution in [0.1, 0.15) is 11.3 Å². The van der Waals surface area contributed by atoms with Gasteiger partial charge >= 0.3 is 0 Å². The van der Waals surface area contributed by atoms with E-state index < -0.39 is 0 Å². The third-order valence-corrected chi connectivity index (χ3v) is 1.63. The predicted molar refractivity (Wildman–Crippen MR) is 44.1 cm³/mol. The summed E-state index contributed by atoms with van der Waals surface area (Å²) >= 11 is 0. The smallest absolute Gasteiger partial charge is 0.0887 e. The van der Waals surface area contributed by atoms with E-state index in [1.807, 2.05) is 6.92 Å². The number of pyridine rings is 1. The standard InChI is InChI=1S/C8H12N2O/c1-6-7(9)3-4-10-8(6)5-11-2/h3-4H,5H2,1-2H3,(H2,9,10). The number of anilines is 1. The highest BCUT2D eigenvalue weighted by atomic mass is 16.5. The van der Waals surface area contributed by atoms with E-state index in [1.165, 1.54) is 0 Å². The van der Waals surface area contributed by atoms with Crippen molar-refractivity contribution in [1.82, 2.24) is 4.98 Å². The molecule has 0 saturated carbocycles. The molecule has 60 valence electrons. The zero-order valence-corrected chi connectivity index (χ0v) is 6.79. The first kappa shape index (κ1) is 8.01. The number of rotatable bonds is 2. The maximum Gasteiger partial charge on any atom is 0.0887 e. The maximum absolute atomic E-state index is 5.66. The molecule has 0 amide bonds. The summed E-state index contributed by atoms with van der Waals surface area (Å²) in [6.45, 7) is 2.47. The molecule has 0 unspecified atom stereocenters. The molecule has 0 radical (unpaired) electrons. The van der Waals surface area contributed by atoms with Crippen molar-refractivity contribution < 1.29 is 4.74 Å². The molecule has 1 rings (SSSR count). The molecule has 3 nitrogen and oxygen atoms in total. The zero-order valence-electron chi connectivity index (χ0n) is 6.79. The molecule has 0 bridgehead atoms. The lowest BCUT2D eigenvalue weighted by molar-refractivity contribution is 0.181. The van der Waals surface area contributed by atoms with Crippen LogP contribution in [0.4, 0.5) is 5.69 Å². The van der Waals surface area contributed by atoms with Crippen LogP contribution in [0, 0.1) is 6.92 Å². The van der Waals surface area contributed by atoms with Crippen LogP contribution in [-0.2, 0) is 11.3 Å². The number of nitrogen functional groups attached to an aromatic ring is 1. The van der Waals surface area contributed by atoms with E-state index in [2.05, 4.69) is 4.98 Å². The van der Waals surface area contributed by atoms with Crippen LogP contribution in [0.25, 0.3) is 0 Å². The van der Waals surface area contributed by atoms with Gasteiger partial charge in [-0.1, -0.05) is 0 Å². The highest BCUT2D eigenvalue weighted by Gasteiger charge is 2.00. The van der Waals surface area contributed by atoms with E-state index in [1.54, 1.807) is 19.4 Å². The molecule has 0 spiro atoms. The fraction of sp³-hybridized carbons (Fsp3) is 0.375. The maximum atomic E-state index is 5.66. The topological polar surface area (TPSA) is 48.1 Å². The molecule has 0 fully saturated rings. The number of hydrogen-bond donors (Lipinski definition) is 1. The van der Waals surface area contributed by atoms with Crippen LogP contribution in [0.5, 0.6) is 0 Å². The number of hydrogen-bond acceptors (Lipinski definition) is 3. The van der Waals surface area contributed by atoms with E-state index in [0.29, 0.717) is 6.61 Å². The van der Waals surface area contributed by atoms with Crippen LogP contribution < -0.4 is 5.73 Å². The average molecular weight is 152 g/mol. The van der Waals surface area contributed by atoms with Gasteiger partial charge in [0.15, 0.2) is 0 Å². The van der Waals surface area contributed by atoms with Crippen molar-refractivity contribution in [3.8, 4) is 0 Å². The molecular weight excluding hydrogens is 140 g/mol. The van der Waals surface area contributed by atoms with Gasteiger partial charge in [0.25, 0.3) is 0 Å². The Hall–Kier alpha value is -1.09. The molecule has 11 heavy (non-hydrogen) atoms. The summed E-state index contributed by atoms with van der Waals surface area (Å²) in [5, 5.41) is 0. The number of methoxy groups -OCH3 is 1. The largest absolute Gasteiger partial charge is 0.398 e. The van der Waals surface area contributed by atoms with Crippen LogP contribution in [0.15, 0.2) is 12.3 Å². The Bertz CT molecular complexity index is 248. The van der Waals surface area contributed by atoms with E-state index in [4.69, 9.17) is 10.5 Å². The molecule has 0 aliphatic heterocycles. The molecule has 0 aliphatic rings. The van der Waals surface area contributed by atoms with Crippen LogP contribution in [0.3, 0.4) is 0 Å². The van der Waals surface area contributed by atoms with Gasteiger partial charge in [-0.3, -0.25) is 4.98 Å². The van der Waals surface area contributed by atoms with Gasteiger partial charge in [0.05, 0.1) is 12.3 Å². The van der Waals surface area contributed by atoms with Crippen LogP contribution >= 0.6 is 0 Å². The number of aromatic nitrogens is 1. The van der Waals surface area contributed by atoms with E-state index in [9.17, 15) is 0 Å². The zero-order chi connectivity index (χ0) is 8.27. The summed E-state index contributed by atoms with van der Waals surface area (Å²) in [5.41, 5.74) is 8.34. The first-order valence-corrected chi connectivity index (χ1v) is 3.44. The van der Waals surface area contributed by atoms with Gasteiger partial charge in [-0.05, 0) is 18.6 Å². The van der Waals surface area contributed by atoms with Crippen molar-refractivity contribution >= 4 is 5.69 Å². The van der Waals surface area contributed by atoms with Gasteiger partial charge in [-0.25, -0.2) is 0 Å². The fourth-order valence-corrected chi connectivity index (χ4v) is 0.878. The third kappa shape index (κ3) is 1.68. The van der Waals surface area contributed by atoms with Crippen molar-refractivity contribution in [3.05, 3.63) is 23.5 Å². The Balaban J connectivity index is 2.96. The second-order valence-corrected chi connectivity index (χ2v) is 2.40. The first-order valence-electron chi connectivity index (χ1n) is 3.44. The fourth-order valence-electron chi connectivity index (χ4n) is 0.878. The summed E-state index contributed by atoms with van der Waals surface area (Å²) in [7, 11) is 1.64. The summed E-state index contributed by atoms with van der Waals surface area (Å²) in [6, 6.07) is 1.79. The van der Waals surface area contributed by atoms with Crippen LogP contribution in [0.2, 0.25) is 0 Å². The molecular formula is C8H12N2O. The molecule has 0 aliphatic carbocycles. The summed E-state index contributed by atoms with van der Waals surface area (Å²) < 4.78 is 4.95. The molecule has 3 heteroatoms. The van der Waals surface area contributed by atoms with Gasteiger partial charge in [0.1, 0.15) is 0 Å². The monoisotopic (exact) mass is 152 g/mol. The van der Waals surface area contributed by atoms with Gasteiger partial charge in [0.2, 0.25) is 0 Å². The second kappa shape index (κ2) is 3.34. The highest BCUT2D eigenvalue weighted by Crippen LogP contribution is 2.12. The molecule has 1 aromatic rings. The molecule has 1 aromatic heterocycles. The third-order valence-electron chi connectivity index (χ3n) is 1.63. The lowest BCUT2D eigenvalue weighted by atomic mass is 10.2. The van der Waals surface area contributed by atoms with Crippen molar-refractivity contribution in [3.63, 3.8) is 0 Å². The normalized spacial score (nSPS) is 10.0. The van der Waals surface area contributed by atoms with Crippen LogP contribution in [-0.4, -0.2) is 12.1 Å². The SMILES string of the molecule is COCc1nccc(N)c1C. The number of nitrogens with two attached hydrogens (primary N) is 1. The van der Waals surface area contributed by atoms with Crippen molar-refractivity contribution in [2.24, 2.45) is 0 Å². The lowest BCUT2D eigenvalue weighted by Gasteiger charge is -2.04. The Kier molecular flexibility index (Phi) is 2.44. The second-order valence-electron chi connectivity index (χ2n) is 2.40. The van der Waals surface area contributed by atoms with Gasteiger partial charge in [0, 0.05) is 19.0 Å². The minimum atomic E-state index is 0.525. The molecule has 0 aromatic carbocycles. The summed E-state index contributed by atoms with van der Waals surface area (Å²) in [6.07, 6.45) is 1.69.